The molecule has 0 spiro atoms. The zero-order valence-electron chi connectivity index (χ0n) is 46.3. The van der Waals surface area contributed by atoms with E-state index in [1.807, 2.05) is 97.3 Å². The van der Waals surface area contributed by atoms with Gasteiger partial charge in [0.15, 0.2) is 0 Å². The van der Waals surface area contributed by atoms with Crippen LogP contribution in [-0.4, -0.2) is 106 Å². The number of β-amino-alcohol motifs (C(OH)–C–C–N with tert-alkyl or cyclic N) is 1. The number of thiazole rings is 1. The summed E-state index contributed by atoms with van der Waals surface area (Å²) in [6.45, 7) is 18.1. The fourth-order valence-corrected chi connectivity index (χ4v) is 11.2. The molecule has 2 saturated heterocycles. The molecule has 15 nitrogen and oxygen atoms in total. The molecule has 4 heterocycles. The van der Waals surface area contributed by atoms with Gasteiger partial charge in [0.05, 0.1) is 62.5 Å². The highest BCUT2D eigenvalue weighted by Gasteiger charge is 2.45. The first-order valence-electron chi connectivity index (χ1n) is 27.0. The SMILES string of the molecule is CNC(=O)c1ccccc1Nc1cc(Nc2cc(C)c(C3CCN(CCCCCCC(=O)N[C@H](C(=O)N4C[C@H](O)C[C@H]4C(=O)N[C@@H](C)c4ccc(-c5scnc5C)cc4)C(C)(C)C)CC3)cc2OC(C)C)ncc1C(F)(F)F. The summed E-state index contributed by atoms with van der Waals surface area (Å²) in [5.74, 6) is -0.404. The van der Waals surface area contributed by atoms with Gasteiger partial charge in [-0.15, -0.1) is 11.3 Å². The molecule has 2 fully saturated rings. The number of aromatic nitrogens is 2. The van der Waals surface area contributed by atoms with E-state index in [2.05, 4.69) is 41.5 Å². The zero-order chi connectivity index (χ0) is 56.5. The number of unbranched alkanes of at least 4 members (excludes halogenated alkanes) is 3. The summed E-state index contributed by atoms with van der Waals surface area (Å²) in [6, 6.07) is 17.5. The maximum atomic E-state index is 14.3. The van der Waals surface area contributed by atoms with Crippen LogP contribution in [0.3, 0.4) is 0 Å². The standard InChI is InChI=1S/C59H76F3N9O6S/c1-35(2)77-50-30-44(36(3)28-48(50)68-51-31-47(45(32-64-51)59(60,61)62)67-46-17-14-13-16-43(46)55(74)63-9)40-23-26-70(27-24-40)25-15-11-10-12-18-52(73)69-54(58(6,7)8)57(76)71-33-42(72)29-49(71)56(75)66-37(4)39-19-21-41(22-20-39)53-38(5)65-34-78-53/h13-14,16-17,19-22,28,30-32,34-35,37,40,42,49,54,72H,10-12,15,18,23-27,29,33H2,1-9H3,(H,63,74)(H,66,75)(H,69,73)(H2,64,67,68)/t37-,42+,49-,54+/m0/s1. The number of alkyl halides is 3. The summed E-state index contributed by atoms with van der Waals surface area (Å²) in [4.78, 5) is 67.4. The van der Waals surface area contributed by atoms with Gasteiger partial charge in [-0.1, -0.05) is 70.0 Å². The molecule has 0 radical (unpaired) electrons. The van der Waals surface area contributed by atoms with Crippen molar-refractivity contribution in [2.24, 2.45) is 5.41 Å². The van der Waals surface area contributed by atoms with Crippen molar-refractivity contribution in [1.82, 2.24) is 35.7 Å². The minimum atomic E-state index is -4.72. The molecule has 0 unspecified atom stereocenters. The molecule has 0 aliphatic carbocycles. The molecular formula is C59H76F3N9O6S. The molecule has 3 aromatic carbocycles. The number of carbonyl (C=O) groups excluding carboxylic acids is 4. The van der Waals surface area contributed by atoms with Crippen molar-refractivity contribution in [3.8, 4) is 16.2 Å². The van der Waals surface area contributed by atoms with Crippen molar-refractivity contribution in [3.05, 3.63) is 112 Å². The van der Waals surface area contributed by atoms with Crippen LogP contribution in [0.4, 0.5) is 36.1 Å². The summed E-state index contributed by atoms with van der Waals surface area (Å²) in [5.41, 5.74) is 5.97. The fraction of sp³-hybridized carbons (Fsp3) is 0.492. The van der Waals surface area contributed by atoms with Crippen LogP contribution in [0.1, 0.15) is 143 Å². The minimum absolute atomic E-state index is 0.00352. The third-order valence-corrected chi connectivity index (χ3v) is 15.6. The summed E-state index contributed by atoms with van der Waals surface area (Å²) >= 11 is 1.57. The Morgan fingerprint density at radius 1 is 0.859 bits per heavy atom. The van der Waals surface area contributed by atoms with Crippen molar-refractivity contribution >= 4 is 57.8 Å². The first kappa shape index (κ1) is 59.1. The Morgan fingerprint density at radius 3 is 2.22 bits per heavy atom. The lowest BCUT2D eigenvalue weighted by Gasteiger charge is -2.35. The van der Waals surface area contributed by atoms with E-state index in [4.69, 9.17) is 4.74 Å². The fourth-order valence-electron chi connectivity index (χ4n) is 10.3. The summed E-state index contributed by atoms with van der Waals surface area (Å²) < 4.78 is 49.1. The van der Waals surface area contributed by atoms with Crippen LogP contribution in [-0.2, 0) is 20.6 Å². The molecule has 6 N–H and O–H groups in total. The largest absolute Gasteiger partial charge is 0.489 e. The lowest BCUT2D eigenvalue weighted by Crippen LogP contribution is -2.57. The number of benzene rings is 3. The number of rotatable bonds is 21. The van der Waals surface area contributed by atoms with Crippen molar-refractivity contribution in [2.45, 2.75) is 149 Å². The van der Waals surface area contributed by atoms with Crippen molar-refractivity contribution in [2.75, 3.05) is 43.9 Å². The number of nitrogens with zero attached hydrogens (tertiary/aromatic N) is 4. The average molecular weight is 1100 g/mol. The number of likely N-dealkylation sites (tertiary alicyclic amines) is 2. The second-order valence-electron chi connectivity index (χ2n) is 22.0. The number of nitrogens with one attached hydrogen (secondary N) is 5. The van der Waals surface area contributed by atoms with Crippen LogP contribution in [0.2, 0.25) is 0 Å². The number of hydrogen-bond acceptors (Lipinski definition) is 12. The Kier molecular flexibility index (Phi) is 19.6. The quantitative estimate of drug-likeness (QED) is 0.0384. The van der Waals surface area contributed by atoms with Gasteiger partial charge in [-0.3, -0.25) is 19.2 Å². The first-order valence-corrected chi connectivity index (χ1v) is 27.9. The number of anilines is 4. The number of carbonyl (C=O) groups is 4. The average Bonchev–Trinajstić information content (AvgIpc) is 4.05. The number of amides is 4. The molecule has 2 aromatic heterocycles. The predicted molar refractivity (Wildman–Crippen MR) is 300 cm³/mol. The minimum Gasteiger partial charge on any atom is -0.489 e. The van der Waals surface area contributed by atoms with E-state index in [-0.39, 0.29) is 77.9 Å². The topological polar surface area (TPSA) is 190 Å². The normalized spacial score (nSPS) is 17.1. The summed E-state index contributed by atoms with van der Waals surface area (Å²) in [6.07, 6.45) is 0.719. The van der Waals surface area contributed by atoms with Gasteiger partial charge in [0, 0.05) is 38.7 Å². The monoisotopic (exact) mass is 1100 g/mol. The van der Waals surface area contributed by atoms with Crippen LogP contribution in [0.15, 0.2) is 78.4 Å². The van der Waals surface area contributed by atoms with Gasteiger partial charge in [0.25, 0.3) is 5.91 Å². The van der Waals surface area contributed by atoms with E-state index in [9.17, 15) is 37.5 Å². The van der Waals surface area contributed by atoms with E-state index in [1.54, 1.807) is 29.5 Å². The number of aliphatic hydroxyl groups excluding tert-OH is 1. The molecule has 0 saturated carbocycles. The highest BCUT2D eigenvalue weighted by molar-refractivity contribution is 7.13. The van der Waals surface area contributed by atoms with Gasteiger partial charge < -0.3 is 46.2 Å². The summed E-state index contributed by atoms with van der Waals surface area (Å²) in [5, 5.41) is 25.3. The second kappa shape index (κ2) is 25.9. The maximum Gasteiger partial charge on any atom is 0.419 e. The number of aryl methyl sites for hydroxylation is 2. The Labute approximate surface area is 460 Å². The molecule has 2 aliphatic rings. The number of pyridine rings is 1. The third kappa shape index (κ3) is 15.2. The smallest absolute Gasteiger partial charge is 0.419 e. The second-order valence-corrected chi connectivity index (χ2v) is 22.9. The maximum absolute atomic E-state index is 14.3. The van der Waals surface area contributed by atoms with E-state index in [0.717, 1.165) is 90.8 Å². The lowest BCUT2D eigenvalue weighted by molar-refractivity contribution is -0.144. The molecular weight excluding hydrogens is 1020 g/mol. The van der Waals surface area contributed by atoms with Crippen molar-refractivity contribution in [1.29, 1.82) is 0 Å². The highest BCUT2D eigenvalue weighted by Crippen LogP contribution is 2.41. The van der Waals surface area contributed by atoms with Gasteiger partial charge in [-0.2, -0.15) is 13.2 Å². The number of hydrogen-bond donors (Lipinski definition) is 6. The van der Waals surface area contributed by atoms with Crippen LogP contribution < -0.4 is 31.3 Å². The number of ether oxygens (including phenoxy) is 1. The van der Waals surface area contributed by atoms with E-state index < -0.39 is 41.2 Å². The van der Waals surface area contributed by atoms with Crippen LogP contribution in [0, 0.1) is 19.3 Å². The van der Waals surface area contributed by atoms with Crippen molar-refractivity contribution < 1.29 is 42.2 Å². The molecule has 420 valence electrons. The van der Waals surface area contributed by atoms with Crippen molar-refractivity contribution in [3.63, 3.8) is 0 Å². The lowest BCUT2D eigenvalue weighted by atomic mass is 9.85. The van der Waals surface area contributed by atoms with Crippen LogP contribution in [0.5, 0.6) is 5.75 Å². The predicted octanol–water partition coefficient (Wildman–Crippen LogP) is 11.0. The Balaban J connectivity index is 0.873. The molecule has 19 heteroatoms. The molecule has 5 aromatic rings. The van der Waals surface area contributed by atoms with E-state index in [0.29, 0.717) is 17.9 Å². The number of halogens is 3. The molecule has 4 amide bonds. The van der Waals surface area contributed by atoms with Crippen LogP contribution >= 0.6 is 11.3 Å². The van der Waals surface area contributed by atoms with E-state index in [1.165, 1.54) is 24.1 Å². The Bertz CT molecular complexity index is 2880. The Morgan fingerprint density at radius 2 is 1.56 bits per heavy atom. The number of aliphatic hydroxyl groups is 1. The van der Waals surface area contributed by atoms with Gasteiger partial charge in [-0.25, -0.2) is 9.97 Å². The zero-order valence-corrected chi connectivity index (χ0v) is 47.1. The third-order valence-electron chi connectivity index (χ3n) is 14.6. The van der Waals surface area contributed by atoms with E-state index >= 15 is 0 Å². The summed E-state index contributed by atoms with van der Waals surface area (Å²) in [7, 11) is 1.45. The molecule has 4 atom stereocenters. The van der Waals surface area contributed by atoms with Gasteiger partial charge in [0.1, 0.15) is 23.7 Å². The molecule has 7 rings (SSSR count). The van der Waals surface area contributed by atoms with Gasteiger partial charge >= 0.3 is 6.18 Å². The van der Waals surface area contributed by atoms with Gasteiger partial charge in [0.2, 0.25) is 17.7 Å². The Hall–Kier alpha value is -6.57. The number of para-hydroxylation sites is 1. The first-order chi connectivity index (χ1) is 37.0. The molecule has 0 bridgehead atoms. The molecule has 78 heavy (non-hydrogen) atoms. The highest BCUT2D eigenvalue weighted by atomic mass is 32.1. The van der Waals surface area contributed by atoms with Crippen LogP contribution in [0.25, 0.3) is 10.4 Å². The number of piperidine rings is 1. The molecule has 2 aliphatic heterocycles. The van der Waals surface area contributed by atoms with Gasteiger partial charge in [-0.05, 0) is 138 Å².